The maximum atomic E-state index is 12.1. The molecule has 0 spiro atoms. The Kier molecular flexibility index (Phi) is 5.56. The van der Waals surface area contributed by atoms with Gasteiger partial charge in [-0.3, -0.25) is 14.5 Å². The van der Waals surface area contributed by atoms with Crippen LogP contribution in [0.1, 0.15) is 0 Å². The Labute approximate surface area is 155 Å². The molecule has 0 saturated carbocycles. The van der Waals surface area contributed by atoms with Gasteiger partial charge in [-0.25, -0.2) is 0 Å². The maximum Gasteiger partial charge on any atom is 0.488 e. The molecule has 0 fully saturated rings. The van der Waals surface area contributed by atoms with E-state index in [0.29, 0.717) is 22.6 Å². The van der Waals surface area contributed by atoms with Crippen LogP contribution in [0.3, 0.4) is 0 Å². The van der Waals surface area contributed by atoms with E-state index in [2.05, 4.69) is 5.32 Å². The van der Waals surface area contributed by atoms with Crippen molar-refractivity contribution in [3.63, 3.8) is 0 Å². The first-order valence-corrected chi connectivity index (χ1v) is 8.17. The molecule has 0 saturated heterocycles. The van der Waals surface area contributed by atoms with Crippen LogP contribution >= 0.6 is 0 Å². The zero-order valence-electron chi connectivity index (χ0n) is 14.2. The van der Waals surface area contributed by atoms with Crippen LogP contribution in [0.15, 0.2) is 60.3 Å². The smallest absolute Gasteiger partial charge is 0.457 e. The second-order valence-electron chi connectivity index (χ2n) is 5.77. The van der Waals surface area contributed by atoms with Crippen LogP contribution in [0.25, 0.3) is 0 Å². The normalized spacial score (nSPS) is 13.6. The highest BCUT2D eigenvalue weighted by Crippen LogP contribution is 2.24. The number of nitrogens with one attached hydrogen (secondary N) is 1. The lowest BCUT2D eigenvalue weighted by Crippen LogP contribution is -2.34. The van der Waals surface area contributed by atoms with Crippen molar-refractivity contribution < 1.29 is 29.5 Å². The molecule has 4 N–H and O–H groups in total. The molecule has 9 heteroatoms. The Bertz CT molecular complexity index is 864. The van der Waals surface area contributed by atoms with Gasteiger partial charge in [-0.1, -0.05) is 12.1 Å². The van der Waals surface area contributed by atoms with E-state index in [4.69, 9.17) is 19.9 Å². The van der Waals surface area contributed by atoms with Gasteiger partial charge in [0.25, 0.3) is 11.8 Å². The number of ether oxygens (including phenoxy) is 1. The van der Waals surface area contributed by atoms with E-state index in [9.17, 15) is 9.59 Å². The third kappa shape index (κ3) is 4.34. The summed E-state index contributed by atoms with van der Waals surface area (Å²) in [6.07, 6.45) is 1.19. The molecule has 27 heavy (non-hydrogen) atoms. The summed E-state index contributed by atoms with van der Waals surface area (Å²) in [5.74, 6) is 0.120. The molecule has 0 aromatic heterocycles. The van der Waals surface area contributed by atoms with Gasteiger partial charge in [0.2, 0.25) is 0 Å². The van der Waals surface area contributed by atoms with Crippen molar-refractivity contribution in [2.24, 2.45) is 0 Å². The van der Waals surface area contributed by atoms with Crippen LogP contribution in [0.4, 0.5) is 5.69 Å². The van der Waals surface area contributed by atoms with E-state index in [1.807, 2.05) is 0 Å². The fourth-order valence-electron chi connectivity index (χ4n) is 2.52. The van der Waals surface area contributed by atoms with Gasteiger partial charge in [-0.2, -0.15) is 0 Å². The number of aliphatic hydroxyl groups excluding tert-OH is 1. The molecule has 2 aromatic carbocycles. The molecule has 1 aliphatic heterocycles. The summed E-state index contributed by atoms with van der Waals surface area (Å²) in [4.78, 5) is 24.8. The Hall–Kier alpha value is -3.14. The summed E-state index contributed by atoms with van der Waals surface area (Å²) in [6, 6.07) is 13.1. The fourth-order valence-corrected chi connectivity index (χ4v) is 2.52. The first kappa shape index (κ1) is 18.6. The molecule has 8 nitrogen and oxygen atoms in total. The van der Waals surface area contributed by atoms with Crippen molar-refractivity contribution in [3.05, 3.63) is 60.3 Å². The minimum Gasteiger partial charge on any atom is -0.457 e. The number of benzene rings is 2. The van der Waals surface area contributed by atoms with Crippen molar-refractivity contribution in [1.82, 2.24) is 4.90 Å². The highest BCUT2D eigenvalue weighted by molar-refractivity contribution is 6.58. The number of hydrogen-bond donors (Lipinski definition) is 4. The fraction of sp³-hybridized carbons (Fsp3) is 0.111. The van der Waals surface area contributed by atoms with Crippen LogP contribution in [0.5, 0.6) is 11.5 Å². The van der Waals surface area contributed by atoms with Gasteiger partial charge in [-0.05, 0) is 41.9 Å². The zero-order valence-corrected chi connectivity index (χ0v) is 14.2. The molecular weight excluding hydrogens is 351 g/mol. The van der Waals surface area contributed by atoms with Crippen molar-refractivity contribution in [1.29, 1.82) is 0 Å². The first-order chi connectivity index (χ1) is 13.0. The molecule has 138 valence electrons. The predicted molar refractivity (Wildman–Crippen MR) is 98.3 cm³/mol. The molecule has 1 aliphatic rings. The number of imide groups is 1. The van der Waals surface area contributed by atoms with Crippen LogP contribution < -0.4 is 15.5 Å². The maximum absolute atomic E-state index is 12.1. The summed E-state index contributed by atoms with van der Waals surface area (Å²) in [6.45, 7) is -0.332. The average molecular weight is 368 g/mol. The molecule has 0 aliphatic carbocycles. The van der Waals surface area contributed by atoms with E-state index in [0.717, 1.165) is 4.90 Å². The molecule has 2 amide bonds. The SMILES string of the molecule is O=C1C=C(Nc2ccc(Oc3ccc(B(O)O)cc3)cc2)C(=O)N1CCO. The second kappa shape index (κ2) is 8.04. The van der Waals surface area contributed by atoms with Crippen molar-refractivity contribution in [2.75, 3.05) is 18.5 Å². The molecule has 0 unspecified atom stereocenters. The number of nitrogens with zero attached hydrogens (tertiary/aromatic N) is 1. The molecule has 3 rings (SSSR count). The topological polar surface area (TPSA) is 119 Å². The number of rotatable bonds is 7. The van der Waals surface area contributed by atoms with Crippen molar-refractivity contribution in [3.8, 4) is 11.5 Å². The second-order valence-corrected chi connectivity index (χ2v) is 5.77. The highest BCUT2D eigenvalue weighted by atomic mass is 16.5. The Morgan fingerprint density at radius 2 is 1.56 bits per heavy atom. The van der Waals surface area contributed by atoms with E-state index < -0.39 is 18.9 Å². The van der Waals surface area contributed by atoms with E-state index in [1.165, 1.54) is 6.08 Å². The number of aliphatic hydroxyl groups is 1. The van der Waals surface area contributed by atoms with Crippen molar-refractivity contribution >= 4 is 30.1 Å². The molecule has 2 aromatic rings. The Morgan fingerprint density at radius 3 is 2.11 bits per heavy atom. The summed E-state index contributed by atoms with van der Waals surface area (Å²) >= 11 is 0. The quantitative estimate of drug-likeness (QED) is 0.395. The summed E-state index contributed by atoms with van der Waals surface area (Å²) < 4.78 is 5.66. The summed E-state index contributed by atoms with van der Waals surface area (Å²) in [5.41, 5.74) is 1.10. The summed E-state index contributed by atoms with van der Waals surface area (Å²) in [5, 5.41) is 29.9. The number of carbonyl (C=O) groups is 2. The number of amides is 2. The van der Waals surface area contributed by atoms with E-state index in [1.54, 1.807) is 48.5 Å². The number of carbonyl (C=O) groups excluding carboxylic acids is 2. The molecule has 1 heterocycles. The monoisotopic (exact) mass is 368 g/mol. The molecule has 0 radical (unpaired) electrons. The van der Waals surface area contributed by atoms with Gasteiger partial charge >= 0.3 is 7.12 Å². The molecule has 0 bridgehead atoms. The van der Waals surface area contributed by atoms with Gasteiger partial charge in [0.15, 0.2) is 0 Å². The van der Waals surface area contributed by atoms with E-state index >= 15 is 0 Å². The number of hydrogen-bond acceptors (Lipinski definition) is 7. The lowest BCUT2D eigenvalue weighted by molar-refractivity contribution is -0.137. The van der Waals surface area contributed by atoms with Crippen LogP contribution in [-0.4, -0.2) is 52.1 Å². The van der Waals surface area contributed by atoms with Gasteiger partial charge in [0.1, 0.15) is 17.2 Å². The van der Waals surface area contributed by atoms with E-state index in [-0.39, 0.29) is 18.8 Å². The van der Waals surface area contributed by atoms with Gasteiger partial charge in [0.05, 0.1) is 13.2 Å². The van der Waals surface area contributed by atoms with Gasteiger partial charge < -0.3 is 25.2 Å². The zero-order chi connectivity index (χ0) is 19.4. The lowest BCUT2D eigenvalue weighted by atomic mass is 9.80. The Balaban J connectivity index is 1.63. The number of β-amino-alcohol motifs (C(OH)–C–C–N with tert-alkyl or cyclic N) is 1. The third-order valence-electron chi connectivity index (χ3n) is 3.88. The lowest BCUT2D eigenvalue weighted by Gasteiger charge is -2.13. The standard InChI is InChI=1S/C18H17BN2O6/c22-10-9-21-17(23)11-16(18(21)24)20-13-3-7-15(8-4-13)27-14-5-1-12(2-6-14)19(25)26/h1-8,11,20,22,25-26H,9-10H2. The Morgan fingerprint density at radius 1 is 0.963 bits per heavy atom. The minimum absolute atomic E-state index is 0.0434. The predicted octanol–water partition coefficient (Wildman–Crippen LogP) is -0.184. The first-order valence-electron chi connectivity index (χ1n) is 8.17. The largest absolute Gasteiger partial charge is 0.488 e. The average Bonchev–Trinajstić information content (AvgIpc) is 2.91. The van der Waals surface area contributed by atoms with Crippen LogP contribution in [-0.2, 0) is 9.59 Å². The third-order valence-corrected chi connectivity index (χ3v) is 3.88. The van der Waals surface area contributed by atoms with Crippen LogP contribution in [0.2, 0.25) is 0 Å². The molecule has 0 atom stereocenters. The van der Waals surface area contributed by atoms with Crippen molar-refractivity contribution in [2.45, 2.75) is 0 Å². The number of anilines is 1. The summed E-state index contributed by atoms with van der Waals surface area (Å²) in [7, 11) is -1.53. The molecular formula is C18H17BN2O6. The minimum atomic E-state index is -1.53. The highest BCUT2D eigenvalue weighted by Gasteiger charge is 2.30. The van der Waals surface area contributed by atoms with Gasteiger partial charge in [-0.15, -0.1) is 0 Å². The van der Waals surface area contributed by atoms with Crippen LogP contribution in [0, 0.1) is 0 Å². The van der Waals surface area contributed by atoms with Gasteiger partial charge in [0, 0.05) is 11.8 Å².